The van der Waals surface area contributed by atoms with Crippen molar-refractivity contribution in [2.24, 2.45) is 5.41 Å². The molecule has 1 aromatic heterocycles. The van der Waals surface area contributed by atoms with E-state index in [9.17, 15) is 9.59 Å². The molecule has 3 rings (SSSR count). The van der Waals surface area contributed by atoms with Gasteiger partial charge in [0.2, 0.25) is 11.8 Å². The standard InChI is InChI=1S/C19H27N3O2S/c1-3-19(18(24)21-11-9-14-6-4-5-10-20-14)12-15-7-8-16(19)22(15)17(23)13-25-2/h4-6,10,15-16H,3,7-9,11-13H2,1-2H3,(H,21,24)/t15-,16+,19+/m0/s1. The summed E-state index contributed by atoms with van der Waals surface area (Å²) >= 11 is 1.56. The number of nitrogens with one attached hydrogen (secondary N) is 1. The topological polar surface area (TPSA) is 62.3 Å². The summed E-state index contributed by atoms with van der Waals surface area (Å²) in [5.74, 6) is 0.811. The molecule has 0 unspecified atom stereocenters. The molecule has 6 heteroatoms. The first-order valence-corrected chi connectivity index (χ1v) is 10.5. The first-order chi connectivity index (χ1) is 12.1. The van der Waals surface area contributed by atoms with Crippen molar-refractivity contribution < 1.29 is 9.59 Å². The van der Waals surface area contributed by atoms with Crippen LogP contribution in [0.15, 0.2) is 24.4 Å². The van der Waals surface area contributed by atoms with Crippen molar-refractivity contribution in [1.82, 2.24) is 15.2 Å². The fraction of sp³-hybridized carbons (Fsp3) is 0.632. The van der Waals surface area contributed by atoms with E-state index in [4.69, 9.17) is 0 Å². The molecular weight excluding hydrogens is 334 g/mol. The Balaban J connectivity index is 1.64. The molecule has 0 aromatic carbocycles. The number of rotatable bonds is 7. The van der Waals surface area contributed by atoms with Crippen molar-refractivity contribution in [3.63, 3.8) is 0 Å². The summed E-state index contributed by atoms with van der Waals surface area (Å²) in [4.78, 5) is 31.9. The second-order valence-corrected chi connectivity index (χ2v) is 7.89. The van der Waals surface area contributed by atoms with Gasteiger partial charge in [0.15, 0.2) is 0 Å². The number of hydrogen-bond acceptors (Lipinski definition) is 4. The number of carbonyl (C=O) groups excluding carboxylic acids is 2. The highest BCUT2D eigenvalue weighted by molar-refractivity contribution is 7.99. The van der Waals surface area contributed by atoms with Crippen LogP contribution in [0.25, 0.3) is 0 Å². The van der Waals surface area contributed by atoms with E-state index >= 15 is 0 Å². The molecule has 3 heterocycles. The van der Waals surface area contributed by atoms with E-state index < -0.39 is 5.41 Å². The van der Waals surface area contributed by atoms with Gasteiger partial charge in [0.1, 0.15) is 0 Å². The molecule has 5 nitrogen and oxygen atoms in total. The lowest BCUT2D eigenvalue weighted by Crippen LogP contribution is -2.50. The average Bonchev–Trinajstić information content (AvgIpc) is 3.19. The van der Waals surface area contributed by atoms with Crippen molar-refractivity contribution in [1.29, 1.82) is 0 Å². The predicted molar refractivity (Wildman–Crippen MR) is 100 cm³/mol. The van der Waals surface area contributed by atoms with Gasteiger partial charge in [-0.3, -0.25) is 14.6 Å². The lowest BCUT2D eigenvalue weighted by atomic mass is 9.71. The minimum absolute atomic E-state index is 0.0667. The van der Waals surface area contributed by atoms with Crippen LogP contribution in [0.2, 0.25) is 0 Å². The van der Waals surface area contributed by atoms with Gasteiger partial charge in [-0.1, -0.05) is 13.0 Å². The Hall–Kier alpha value is -1.56. The quantitative estimate of drug-likeness (QED) is 0.809. The first-order valence-electron chi connectivity index (χ1n) is 9.10. The summed E-state index contributed by atoms with van der Waals surface area (Å²) < 4.78 is 0. The first kappa shape index (κ1) is 18.2. The van der Waals surface area contributed by atoms with E-state index in [1.54, 1.807) is 18.0 Å². The molecule has 2 fully saturated rings. The third-order valence-electron chi connectivity index (χ3n) is 5.77. The zero-order valence-corrected chi connectivity index (χ0v) is 15.8. The molecule has 0 spiro atoms. The molecule has 1 aromatic rings. The van der Waals surface area contributed by atoms with Gasteiger partial charge in [-0.25, -0.2) is 0 Å². The van der Waals surface area contributed by atoms with Gasteiger partial charge in [-0.2, -0.15) is 11.8 Å². The number of carbonyl (C=O) groups is 2. The van der Waals surface area contributed by atoms with Crippen LogP contribution < -0.4 is 5.32 Å². The Bertz CT molecular complexity index is 624. The van der Waals surface area contributed by atoms with Crippen molar-refractivity contribution in [3.8, 4) is 0 Å². The van der Waals surface area contributed by atoms with E-state index in [0.717, 1.165) is 37.8 Å². The van der Waals surface area contributed by atoms with Crippen LogP contribution in [0.4, 0.5) is 0 Å². The largest absolute Gasteiger partial charge is 0.355 e. The number of fused-ring (bicyclic) bond motifs is 2. The zero-order chi connectivity index (χ0) is 17.9. The van der Waals surface area contributed by atoms with E-state index in [1.165, 1.54) is 0 Å². The maximum atomic E-state index is 13.0. The third kappa shape index (κ3) is 3.41. The Morgan fingerprint density at radius 1 is 1.40 bits per heavy atom. The number of hydrogen-bond donors (Lipinski definition) is 1. The fourth-order valence-corrected chi connectivity index (χ4v) is 4.96. The number of thioether (sulfide) groups is 1. The molecule has 2 saturated heterocycles. The molecule has 2 aliphatic rings. The molecule has 0 radical (unpaired) electrons. The van der Waals surface area contributed by atoms with Crippen LogP contribution in [0.5, 0.6) is 0 Å². The van der Waals surface area contributed by atoms with Gasteiger partial charge >= 0.3 is 0 Å². The van der Waals surface area contributed by atoms with Crippen LogP contribution in [0.3, 0.4) is 0 Å². The smallest absolute Gasteiger partial charge is 0.233 e. The Kier molecular flexibility index (Phi) is 5.67. The van der Waals surface area contributed by atoms with Gasteiger partial charge in [0.25, 0.3) is 0 Å². The summed E-state index contributed by atoms with van der Waals surface area (Å²) in [5, 5.41) is 3.12. The third-order valence-corrected chi connectivity index (χ3v) is 6.31. The highest BCUT2D eigenvalue weighted by atomic mass is 32.2. The Labute approximate surface area is 154 Å². The Morgan fingerprint density at radius 3 is 2.92 bits per heavy atom. The number of amides is 2. The van der Waals surface area contributed by atoms with Gasteiger partial charge in [0, 0.05) is 36.9 Å². The highest BCUT2D eigenvalue weighted by Gasteiger charge is 2.59. The van der Waals surface area contributed by atoms with Gasteiger partial charge < -0.3 is 10.2 Å². The number of pyridine rings is 1. The van der Waals surface area contributed by atoms with E-state index in [-0.39, 0.29) is 23.9 Å². The van der Waals surface area contributed by atoms with Crippen LogP contribution in [0, 0.1) is 5.41 Å². The van der Waals surface area contributed by atoms with Crippen molar-refractivity contribution in [3.05, 3.63) is 30.1 Å². The van der Waals surface area contributed by atoms with E-state index in [2.05, 4.69) is 17.2 Å². The molecule has 25 heavy (non-hydrogen) atoms. The Morgan fingerprint density at radius 2 is 2.24 bits per heavy atom. The number of nitrogens with zero attached hydrogens (tertiary/aromatic N) is 2. The maximum Gasteiger partial charge on any atom is 0.233 e. The van der Waals surface area contributed by atoms with E-state index in [1.807, 2.05) is 29.4 Å². The molecule has 1 N–H and O–H groups in total. The van der Waals surface area contributed by atoms with E-state index in [0.29, 0.717) is 12.3 Å². The molecule has 0 aliphatic carbocycles. The van der Waals surface area contributed by atoms with Gasteiger partial charge in [-0.05, 0) is 44.1 Å². The van der Waals surface area contributed by atoms with Crippen LogP contribution in [-0.2, 0) is 16.0 Å². The predicted octanol–water partition coefficient (Wildman–Crippen LogP) is 2.26. The molecule has 2 bridgehead atoms. The lowest BCUT2D eigenvalue weighted by Gasteiger charge is -2.35. The summed E-state index contributed by atoms with van der Waals surface area (Å²) in [5.41, 5.74) is 0.569. The van der Waals surface area contributed by atoms with Gasteiger partial charge in [-0.15, -0.1) is 0 Å². The highest BCUT2D eigenvalue weighted by Crippen LogP contribution is 2.52. The lowest BCUT2D eigenvalue weighted by molar-refractivity contribution is -0.135. The zero-order valence-electron chi connectivity index (χ0n) is 15.0. The maximum absolute atomic E-state index is 13.0. The second-order valence-electron chi connectivity index (χ2n) is 7.02. The monoisotopic (exact) mass is 361 g/mol. The molecule has 136 valence electrons. The summed E-state index contributed by atoms with van der Waals surface area (Å²) in [6.45, 7) is 2.67. The minimum atomic E-state index is -0.416. The molecule has 2 amide bonds. The fourth-order valence-electron chi connectivity index (χ4n) is 4.57. The summed E-state index contributed by atoms with van der Waals surface area (Å²) in [7, 11) is 0. The molecule has 3 atom stereocenters. The summed E-state index contributed by atoms with van der Waals surface area (Å²) in [6, 6.07) is 6.14. The molecule has 0 saturated carbocycles. The summed E-state index contributed by atoms with van der Waals surface area (Å²) in [6.07, 6.45) is 8.04. The number of aromatic nitrogens is 1. The average molecular weight is 362 g/mol. The van der Waals surface area contributed by atoms with Crippen LogP contribution in [-0.4, -0.2) is 52.3 Å². The van der Waals surface area contributed by atoms with Crippen molar-refractivity contribution >= 4 is 23.6 Å². The minimum Gasteiger partial charge on any atom is -0.355 e. The van der Waals surface area contributed by atoms with Gasteiger partial charge in [0.05, 0.1) is 11.2 Å². The second kappa shape index (κ2) is 7.77. The normalized spacial score (nSPS) is 27.5. The van der Waals surface area contributed by atoms with Crippen molar-refractivity contribution in [2.75, 3.05) is 18.6 Å². The van der Waals surface area contributed by atoms with Crippen LogP contribution in [0.1, 0.15) is 38.3 Å². The SMILES string of the molecule is CC[C@@]1(C(=O)NCCc2ccccn2)C[C@@H]2CC[C@H]1N2C(=O)CSC. The van der Waals surface area contributed by atoms with Crippen LogP contribution >= 0.6 is 11.8 Å². The molecular formula is C19H27N3O2S. The van der Waals surface area contributed by atoms with Crippen molar-refractivity contribution in [2.45, 2.75) is 51.1 Å². The molecule has 2 aliphatic heterocycles.